The van der Waals surface area contributed by atoms with E-state index in [0.29, 0.717) is 5.56 Å². The number of aromatic nitrogens is 1. The third kappa shape index (κ3) is 1.56. The normalized spacial score (nSPS) is 15.9. The number of rotatable bonds is 1. The monoisotopic (exact) mass is 269 g/mol. The Morgan fingerprint density at radius 3 is 2.55 bits per heavy atom. The van der Waals surface area contributed by atoms with Crippen LogP contribution in [-0.2, 0) is 16.6 Å². The maximum atomic E-state index is 12.0. The van der Waals surface area contributed by atoms with Crippen LogP contribution in [-0.4, -0.2) is 26.3 Å². The van der Waals surface area contributed by atoms with Gasteiger partial charge in [-0.25, -0.2) is 0 Å². The molecule has 20 heavy (non-hydrogen) atoms. The number of aryl methyl sites for hydroxylation is 1. The van der Waals surface area contributed by atoms with E-state index in [9.17, 15) is 19.8 Å². The molecule has 1 heterocycles. The summed E-state index contributed by atoms with van der Waals surface area (Å²) < 4.78 is 1.79. The quantitative estimate of drug-likeness (QED) is 0.776. The molecule has 0 amide bonds. The highest BCUT2D eigenvalue weighted by Crippen LogP contribution is 2.32. The number of Topliss-reactive ketones (excluding diaryl/α,β-unsaturated/α-hetero) is 1. The summed E-state index contributed by atoms with van der Waals surface area (Å²) >= 11 is 0. The molecule has 3 rings (SSSR count). The number of hydrogen-bond acceptors (Lipinski definition) is 4. The molecule has 1 aromatic heterocycles. The first kappa shape index (κ1) is 12.2. The summed E-state index contributed by atoms with van der Waals surface area (Å²) in [6, 6.07) is 7.30. The highest BCUT2D eigenvalue weighted by Gasteiger charge is 2.31. The molecule has 1 aromatic carbocycles. The molecule has 1 aliphatic carbocycles. The molecule has 0 saturated carbocycles. The second-order valence-electron chi connectivity index (χ2n) is 4.62. The van der Waals surface area contributed by atoms with E-state index < -0.39 is 23.1 Å². The van der Waals surface area contributed by atoms with Crippen molar-refractivity contribution in [2.24, 2.45) is 7.05 Å². The topological polar surface area (TPSA) is 79.5 Å². The molecule has 5 heteroatoms. The lowest BCUT2D eigenvalue weighted by Crippen LogP contribution is -2.18. The molecule has 2 aromatic rings. The van der Waals surface area contributed by atoms with Gasteiger partial charge in [0.1, 0.15) is 0 Å². The first-order chi connectivity index (χ1) is 9.50. The largest absolute Gasteiger partial charge is 0.504 e. The van der Waals surface area contributed by atoms with Gasteiger partial charge in [-0.05, 0) is 6.07 Å². The summed E-state index contributed by atoms with van der Waals surface area (Å²) in [7, 11) is 1.80. The van der Waals surface area contributed by atoms with Crippen molar-refractivity contribution in [3.63, 3.8) is 0 Å². The fourth-order valence-electron chi connectivity index (χ4n) is 2.41. The van der Waals surface area contributed by atoms with Gasteiger partial charge in [0.25, 0.3) is 0 Å². The molecule has 0 fully saturated rings. The Balaban J connectivity index is 2.33. The van der Waals surface area contributed by atoms with Crippen LogP contribution in [0.25, 0.3) is 16.5 Å². The number of para-hydroxylation sites is 1. The van der Waals surface area contributed by atoms with Crippen LogP contribution < -0.4 is 0 Å². The molecule has 0 bridgehead atoms. The van der Waals surface area contributed by atoms with Gasteiger partial charge >= 0.3 is 0 Å². The van der Waals surface area contributed by atoms with Gasteiger partial charge in [-0.3, -0.25) is 9.59 Å². The van der Waals surface area contributed by atoms with Gasteiger partial charge < -0.3 is 14.8 Å². The third-order valence-corrected chi connectivity index (χ3v) is 3.36. The Hall–Kier alpha value is -2.82. The Bertz CT molecular complexity index is 824. The highest BCUT2D eigenvalue weighted by atomic mass is 16.3. The second-order valence-corrected chi connectivity index (χ2v) is 4.62. The van der Waals surface area contributed by atoms with Crippen LogP contribution in [0.15, 0.2) is 48.1 Å². The van der Waals surface area contributed by atoms with Crippen LogP contribution >= 0.6 is 0 Å². The lowest BCUT2D eigenvalue weighted by molar-refractivity contribution is -0.117. The van der Waals surface area contributed by atoms with Gasteiger partial charge in [-0.1, -0.05) is 18.2 Å². The summed E-state index contributed by atoms with van der Waals surface area (Å²) in [5.41, 5.74) is 1.13. The number of ketones is 2. The minimum atomic E-state index is -0.773. The van der Waals surface area contributed by atoms with E-state index in [1.165, 1.54) is 0 Å². The van der Waals surface area contributed by atoms with E-state index in [-0.39, 0.29) is 5.57 Å². The Morgan fingerprint density at radius 2 is 1.80 bits per heavy atom. The summed E-state index contributed by atoms with van der Waals surface area (Å²) in [6.07, 6.45) is 2.38. The highest BCUT2D eigenvalue weighted by molar-refractivity contribution is 6.38. The summed E-state index contributed by atoms with van der Waals surface area (Å²) in [6.45, 7) is 0. The molecule has 0 unspecified atom stereocenters. The van der Waals surface area contributed by atoms with Crippen molar-refractivity contribution in [2.45, 2.75) is 0 Å². The molecule has 0 aliphatic heterocycles. The maximum absolute atomic E-state index is 12.0. The predicted octanol–water partition coefficient (Wildman–Crippen LogP) is 2.04. The average Bonchev–Trinajstić information content (AvgIpc) is 2.75. The van der Waals surface area contributed by atoms with Crippen LogP contribution in [0.1, 0.15) is 5.56 Å². The predicted molar refractivity (Wildman–Crippen MR) is 73.2 cm³/mol. The van der Waals surface area contributed by atoms with Crippen molar-refractivity contribution in [1.29, 1.82) is 0 Å². The van der Waals surface area contributed by atoms with Gasteiger partial charge in [0.2, 0.25) is 11.6 Å². The summed E-state index contributed by atoms with van der Waals surface area (Å²) in [5, 5.41) is 20.1. The SMILES string of the molecule is Cn1cc(C2=C(O)C(=O)C=C(O)C2=O)c2ccccc21. The summed E-state index contributed by atoms with van der Waals surface area (Å²) in [5.74, 6) is -2.82. The van der Waals surface area contributed by atoms with Crippen LogP contribution in [0.3, 0.4) is 0 Å². The number of aliphatic hydroxyl groups is 2. The van der Waals surface area contributed by atoms with Gasteiger partial charge in [0.15, 0.2) is 11.5 Å². The van der Waals surface area contributed by atoms with Crippen LogP contribution in [0.4, 0.5) is 0 Å². The van der Waals surface area contributed by atoms with Crippen molar-refractivity contribution < 1.29 is 19.8 Å². The van der Waals surface area contributed by atoms with Gasteiger partial charge in [-0.15, -0.1) is 0 Å². The van der Waals surface area contributed by atoms with Crippen LogP contribution in [0, 0.1) is 0 Å². The van der Waals surface area contributed by atoms with Crippen molar-refractivity contribution in [1.82, 2.24) is 4.57 Å². The molecular formula is C15H11NO4. The fraction of sp³-hybridized carbons (Fsp3) is 0.0667. The number of aliphatic hydroxyl groups excluding tert-OH is 2. The Morgan fingerprint density at radius 1 is 1.10 bits per heavy atom. The van der Waals surface area contributed by atoms with E-state index in [2.05, 4.69) is 0 Å². The lowest BCUT2D eigenvalue weighted by atomic mass is 9.93. The van der Waals surface area contributed by atoms with Crippen LogP contribution in [0.5, 0.6) is 0 Å². The zero-order valence-electron chi connectivity index (χ0n) is 10.6. The smallest absolute Gasteiger partial charge is 0.231 e. The maximum Gasteiger partial charge on any atom is 0.231 e. The molecule has 0 radical (unpaired) electrons. The van der Waals surface area contributed by atoms with E-state index in [1.807, 2.05) is 12.1 Å². The number of nitrogens with zero attached hydrogens (tertiary/aromatic N) is 1. The van der Waals surface area contributed by atoms with E-state index >= 15 is 0 Å². The molecule has 5 nitrogen and oxygen atoms in total. The lowest BCUT2D eigenvalue weighted by Gasteiger charge is -2.11. The fourth-order valence-corrected chi connectivity index (χ4v) is 2.41. The van der Waals surface area contributed by atoms with Gasteiger partial charge in [-0.2, -0.15) is 0 Å². The zero-order valence-corrected chi connectivity index (χ0v) is 10.6. The number of allylic oxidation sites excluding steroid dienone is 2. The molecule has 0 saturated heterocycles. The number of hydrogen-bond donors (Lipinski definition) is 2. The Labute approximate surface area is 114 Å². The Kier molecular flexibility index (Phi) is 2.50. The molecular weight excluding hydrogens is 258 g/mol. The molecule has 0 atom stereocenters. The van der Waals surface area contributed by atoms with E-state index in [4.69, 9.17) is 0 Å². The second kappa shape index (κ2) is 4.09. The third-order valence-electron chi connectivity index (χ3n) is 3.36. The van der Waals surface area contributed by atoms with Gasteiger partial charge in [0, 0.05) is 35.8 Å². The van der Waals surface area contributed by atoms with Crippen molar-refractivity contribution in [3.05, 3.63) is 53.6 Å². The minimum absolute atomic E-state index is 0.160. The number of benzene rings is 1. The van der Waals surface area contributed by atoms with E-state index in [0.717, 1.165) is 17.0 Å². The first-order valence-electron chi connectivity index (χ1n) is 5.98. The molecule has 100 valence electrons. The van der Waals surface area contributed by atoms with E-state index in [1.54, 1.807) is 29.9 Å². The van der Waals surface area contributed by atoms with Gasteiger partial charge in [0.05, 0.1) is 5.57 Å². The number of fused-ring (bicyclic) bond motifs is 1. The number of carbonyl (C=O) groups is 2. The first-order valence-corrected chi connectivity index (χ1v) is 5.98. The minimum Gasteiger partial charge on any atom is -0.504 e. The van der Waals surface area contributed by atoms with Crippen molar-refractivity contribution in [2.75, 3.05) is 0 Å². The molecule has 1 aliphatic rings. The zero-order chi connectivity index (χ0) is 14.4. The number of carbonyl (C=O) groups excluding carboxylic acids is 2. The van der Waals surface area contributed by atoms with Crippen molar-refractivity contribution in [3.8, 4) is 0 Å². The molecule has 2 N–H and O–H groups in total. The average molecular weight is 269 g/mol. The van der Waals surface area contributed by atoms with Crippen molar-refractivity contribution >= 4 is 28.0 Å². The van der Waals surface area contributed by atoms with Crippen LogP contribution in [0.2, 0.25) is 0 Å². The summed E-state index contributed by atoms with van der Waals surface area (Å²) in [4.78, 5) is 23.6. The standard InChI is InChI=1S/C15H11NO4/c1-16-7-9(8-4-2-3-5-10(8)16)13-14(19)11(17)6-12(18)15(13)20/h2-7,17,20H,1H3. The molecule has 0 spiro atoms.